The van der Waals surface area contributed by atoms with E-state index in [4.69, 9.17) is 0 Å². The molecule has 5 aromatic rings. The largest absolute Gasteiger partial charge is 0.338 e. The van der Waals surface area contributed by atoms with Crippen LogP contribution in [0.15, 0.2) is 88.5 Å². The Bertz CT molecular complexity index is 1710. The molecule has 0 bridgehead atoms. The lowest BCUT2D eigenvalue weighted by Crippen LogP contribution is -2.43. The van der Waals surface area contributed by atoms with Crippen LogP contribution >= 0.6 is 0 Å². The van der Waals surface area contributed by atoms with E-state index in [0.717, 1.165) is 27.6 Å². The average Bonchev–Trinajstić information content (AvgIpc) is 3.20. The molecule has 1 amide bonds. The number of benzene rings is 3. The molecule has 0 fully saturated rings. The minimum absolute atomic E-state index is 0.130. The van der Waals surface area contributed by atoms with E-state index in [2.05, 4.69) is 0 Å². The smallest absolute Gasteiger partial charge is 0.332 e. The number of carbonyl (C=O) groups is 1. The Morgan fingerprint density at radius 1 is 0.838 bits per heavy atom. The van der Waals surface area contributed by atoms with Crippen molar-refractivity contribution in [3.8, 4) is 0 Å². The van der Waals surface area contributed by atoms with Gasteiger partial charge in [0.05, 0.1) is 17.6 Å². The summed E-state index contributed by atoms with van der Waals surface area (Å²) < 4.78 is 4.55. The predicted octanol–water partition coefficient (Wildman–Crippen LogP) is 4.06. The molecule has 0 saturated heterocycles. The van der Waals surface area contributed by atoms with E-state index in [0.29, 0.717) is 24.1 Å². The quantitative estimate of drug-likeness (QED) is 0.343. The molecule has 0 atom stereocenters. The summed E-state index contributed by atoms with van der Waals surface area (Å²) in [5, 5.41) is 0.789. The van der Waals surface area contributed by atoms with E-state index < -0.39 is 5.69 Å². The number of amides is 1. The van der Waals surface area contributed by atoms with Crippen molar-refractivity contribution in [3.63, 3.8) is 0 Å². The van der Waals surface area contributed by atoms with Gasteiger partial charge < -0.3 is 9.47 Å². The second kappa shape index (κ2) is 9.93. The summed E-state index contributed by atoms with van der Waals surface area (Å²) in [7, 11) is 1.83. The summed E-state index contributed by atoms with van der Waals surface area (Å²) in [4.78, 5) is 42.9. The number of hydrogen-bond acceptors (Lipinski definition) is 3. The van der Waals surface area contributed by atoms with Gasteiger partial charge in [-0.2, -0.15) is 0 Å². The average molecular weight is 495 g/mol. The number of likely N-dealkylation sites (N-methyl/N-ethyl adjacent to an activating group) is 1. The van der Waals surface area contributed by atoms with Gasteiger partial charge in [-0.15, -0.1) is 0 Å². The zero-order valence-corrected chi connectivity index (χ0v) is 21.3. The van der Waals surface area contributed by atoms with Gasteiger partial charge in [0.15, 0.2) is 0 Å². The van der Waals surface area contributed by atoms with E-state index in [1.54, 1.807) is 4.90 Å². The normalized spacial score (nSPS) is 11.3. The Kier molecular flexibility index (Phi) is 6.53. The van der Waals surface area contributed by atoms with Crippen molar-refractivity contribution in [1.82, 2.24) is 18.6 Å². The summed E-state index contributed by atoms with van der Waals surface area (Å²) >= 11 is 0. The molecular weight excluding hydrogens is 464 g/mol. The molecule has 37 heavy (non-hydrogen) atoms. The SMILES string of the molecule is CCN(Cc1ccccc1)C(=O)Cn1c(=O)n(Cc2ccccc2)c(=O)c2c1c1cc(C)ccc1n2C. The van der Waals surface area contributed by atoms with Gasteiger partial charge in [0.1, 0.15) is 12.1 Å². The highest BCUT2D eigenvalue weighted by Crippen LogP contribution is 2.26. The molecule has 7 nitrogen and oxygen atoms in total. The molecule has 0 unspecified atom stereocenters. The van der Waals surface area contributed by atoms with Crippen molar-refractivity contribution in [2.75, 3.05) is 6.54 Å². The van der Waals surface area contributed by atoms with Crippen LogP contribution in [0.2, 0.25) is 0 Å². The number of nitrogens with zero attached hydrogens (tertiary/aromatic N) is 4. The number of fused-ring (bicyclic) bond motifs is 3. The van der Waals surface area contributed by atoms with Crippen molar-refractivity contribution in [1.29, 1.82) is 0 Å². The van der Waals surface area contributed by atoms with Crippen LogP contribution in [0, 0.1) is 6.92 Å². The molecule has 0 aliphatic rings. The molecule has 0 aliphatic carbocycles. The van der Waals surface area contributed by atoms with Gasteiger partial charge in [0, 0.05) is 25.5 Å². The fraction of sp³-hybridized carbons (Fsp3) is 0.233. The Morgan fingerprint density at radius 2 is 1.49 bits per heavy atom. The van der Waals surface area contributed by atoms with Gasteiger partial charge in [0.25, 0.3) is 5.56 Å². The van der Waals surface area contributed by atoms with Crippen molar-refractivity contribution >= 4 is 27.8 Å². The van der Waals surface area contributed by atoms with E-state index in [1.165, 1.54) is 9.13 Å². The van der Waals surface area contributed by atoms with Crippen LogP contribution in [-0.2, 0) is 31.5 Å². The molecule has 2 aromatic heterocycles. The highest BCUT2D eigenvalue weighted by atomic mass is 16.2. The Labute approximate surface area is 214 Å². The number of aromatic nitrogens is 3. The first-order chi connectivity index (χ1) is 17.9. The lowest BCUT2D eigenvalue weighted by Gasteiger charge is -2.22. The maximum Gasteiger partial charge on any atom is 0.332 e. The topological polar surface area (TPSA) is 69.2 Å². The summed E-state index contributed by atoms with van der Waals surface area (Å²) in [6.07, 6.45) is 0. The Hall–Kier alpha value is -4.39. The third-order valence-corrected chi connectivity index (χ3v) is 6.94. The van der Waals surface area contributed by atoms with Gasteiger partial charge >= 0.3 is 5.69 Å². The monoisotopic (exact) mass is 494 g/mol. The first-order valence-electron chi connectivity index (χ1n) is 12.5. The van der Waals surface area contributed by atoms with Gasteiger partial charge in [0.2, 0.25) is 5.91 Å². The van der Waals surface area contributed by atoms with Gasteiger partial charge in [-0.05, 0) is 37.1 Å². The molecule has 188 valence electrons. The number of hydrogen-bond donors (Lipinski definition) is 0. The first-order valence-corrected chi connectivity index (χ1v) is 12.5. The van der Waals surface area contributed by atoms with Crippen LogP contribution in [-0.4, -0.2) is 31.1 Å². The van der Waals surface area contributed by atoms with Crippen LogP contribution in [0.5, 0.6) is 0 Å². The molecule has 0 aliphatic heterocycles. The summed E-state index contributed by atoms with van der Waals surface area (Å²) in [6, 6.07) is 25.1. The lowest BCUT2D eigenvalue weighted by atomic mass is 10.1. The summed E-state index contributed by atoms with van der Waals surface area (Å²) in [6.45, 7) is 4.83. The second-order valence-corrected chi connectivity index (χ2v) is 9.42. The van der Waals surface area contributed by atoms with E-state index in [1.807, 2.05) is 104 Å². The van der Waals surface area contributed by atoms with Gasteiger partial charge in [-0.1, -0.05) is 72.3 Å². The Balaban J connectivity index is 1.69. The van der Waals surface area contributed by atoms with Crippen molar-refractivity contribution < 1.29 is 4.79 Å². The van der Waals surface area contributed by atoms with Crippen LogP contribution in [0.4, 0.5) is 0 Å². The van der Waals surface area contributed by atoms with Gasteiger partial charge in [-0.25, -0.2) is 4.79 Å². The van der Waals surface area contributed by atoms with Crippen molar-refractivity contribution in [3.05, 3.63) is 116 Å². The lowest BCUT2D eigenvalue weighted by molar-refractivity contribution is -0.132. The minimum Gasteiger partial charge on any atom is -0.338 e. The molecule has 5 rings (SSSR count). The maximum absolute atomic E-state index is 13.9. The maximum atomic E-state index is 13.9. The first kappa shape index (κ1) is 24.3. The van der Waals surface area contributed by atoms with E-state index in [-0.39, 0.29) is 24.6 Å². The molecule has 0 N–H and O–H groups in total. The zero-order valence-electron chi connectivity index (χ0n) is 21.3. The van der Waals surface area contributed by atoms with E-state index in [9.17, 15) is 14.4 Å². The molecular formula is C30H30N4O3. The van der Waals surface area contributed by atoms with Crippen molar-refractivity contribution in [2.24, 2.45) is 7.05 Å². The van der Waals surface area contributed by atoms with Crippen LogP contribution in [0.1, 0.15) is 23.6 Å². The third-order valence-electron chi connectivity index (χ3n) is 6.94. The molecule has 0 saturated carbocycles. The minimum atomic E-state index is -0.487. The molecule has 7 heteroatoms. The van der Waals surface area contributed by atoms with Crippen LogP contribution < -0.4 is 11.2 Å². The van der Waals surface area contributed by atoms with Gasteiger partial charge in [-0.3, -0.25) is 18.7 Å². The van der Waals surface area contributed by atoms with E-state index >= 15 is 0 Å². The highest BCUT2D eigenvalue weighted by molar-refractivity contribution is 6.06. The van der Waals surface area contributed by atoms with Crippen LogP contribution in [0.3, 0.4) is 0 Å². The summed E-state index contributed by atoms with van der Waals surface area (Å²) in [5.74, 6) is -0.177. The molecule has 3 aromatic carbocycles. The fourth-order valence-corrected chi connectivity index (χ4v) is 4.98. The molecule has 0 radical (unpaired) electrons. The standard InChI is InChI=1S/C30H30N4O3/c1-4-32(18-22-11-7-5-8-12-22)26(35)20-33-27-24-17-21(2)15-16-25(24)31(3)28(27)29(36)34(30(33)37)19-23-13-9-6-10-14-23/h5-17H,4,18-20H2,1-3H3. The number of carbonyl (C=O) groups excluding carboxylic acids is 1. The number of rotatable bonds is 7. The summed E-state index contributed by atoms with van der Waals surface area (Å²) in [5.41, 5.74) is 3.78. The molecule has 2 heterocycles. The fourth-order valence-electron chi connectivity index (χ4n) is 4.98. The third kappa shape index (κ3) is 4.48. The highest BCUT2D eigenvalue weighted by Gasteiger charge is 2.23. The Morgan fingerprint density at radius 3 is 2.14 bits per heavy atom. The second-order valence-electron chi connectivity index (χ2n) is 9.42. The predicted molar refractivity (Wildman–Crippen MR) is 147 cm³/mol. The molecule has 0 spiro atoms. The van der Waals surface area contributed by atoms with Crippen LogP contribution in [0.25, 0.3) is 21.9 Å². The number of aryl methyl sites for hydroxylation is 2. The van der Waals surface area contributed by atoms with Crippen molar-refractivity contribution in [2.45, 2.75) is 33.5 Å². The zero-order chi connectivity index (χ0) is 26.1.